The topological polar surface area (TPSA) is 59.1 Å². The number of hydrogen-bond acceptors (Lipinski definition) is 5. The van der Waals surface area contributed by atoms with Crippen LogP contribution in [0.5, 0.6) is 5.75 Å². The number of esters is 1. The summed E-state index contributed by atoms with van der Waals surface area (Å²) >= 11 is 26.8. The van der Waals surface area contributed by atoms with Crippen LogP contribution in [-0.2, 0) is 20.9 Å². The van der Waals surface area contributed by atoms with Crippen LogP contribution in [0, 0.1) is 3.57 Å². The fourth-order valence-corrected chi connectivity index (χ4v) is 4.99. The third kappa shape index (κ3) is 6.38. The Morgan fingerprint density at radius 1 is 1.03 bits per heavy atom. The standard InChI is InChI=1S/C26H18Cl3IN2O4S/c1-35-23(33)13-31-22(25(34)32(26(31)37)19-8-4-17(27)5-9-19)12-16-10-20(28)24(21(29)11-16)36-14-15-2-6-18(30)7-3-15/h2-12H,13-14H2,1H3/b22-12-. The van der Waals surface area contributed by atoms with Gasteiger partial charge in [-0.1, -0.05) is 46.9 Å². The lowest BCUT2D eigenvalue weighted by Gasteiger charge is -2.19. The average molecular weight is 688 g/mol. The van der Waals surface area contributed by atoms with Gasteiger partial charge in [0.05, 0.1) is 22.8 Å². The van der Waals surface area contributed by atoms with Crippen molar-refractivity contribution in [1.29, 1.82) is 0 Å². The van der Waals surface area contributed by atoms with Crippen LogP contribution in [0.4, 0.5) is 5.69 Å². The van der Waals surface area contributed by atoms with Gasteiger partial charge in [0.25, 0.3) is 5.91 Å². The molecule has 0 atom stereocenters. The number of amides is 1. The number of nitrogens with zero attached hydrogens (tertiary/aromatic N) is 2. The van der Waals surface area contributed by atoms with E-state index in [2.05, 4.69) is 22.6 Å². The molecule has 1 saturated heterocycles. The van der Waals surface area contributed by atoms with Crippen molar-refractivity contribution in [3.63, 3.8) is 0 Å². The zero-order valence-corrected chi connectivity index (χ0v) is 24.5. The Balaban J connectivity index is 1.65. The van der Waals surface area contributed by atoms with Crippen molar-refractivity contribution >= 4 is 98.4 Å². The van der Waals surface area contributed by atoms with Gasteiger partial charge in [0.15, 0.2) is 10.9 Å². The molecule has 37 heavy (non-hydrogen) atoms. The van der Waals surface area contributed by atoms with E-state index in [4.69, 9.17) is 56.5 Å². The molecule has 0 bridgehead atoms. The molecule has 1 heterocycles. The van der Waals surface area contributed by atoms with Gasteiger partial charge >= 0.3 is 5.97 Å². The van der Waals surface area contributed by atoms with Crippen molar-refractivity contribution in [2.45, 2.75) is 6.61 Å². The van der Waals surface area contributed by atoms with Crippen LogP contribution in [0.1, 0.15) is 11.1 Å². The summed E-state index contributed by atoms with van der Waals surface area (Å²) in [7, 11) is 1.26. The van der Waals surface area contributed by atoms with Crippen molar-refractivity contribution in [1.82, 2.24) is 4.90 Å². The molecular weight excluding hydrogens is 670 g/mol. The second-order valence-corrected chi connectivity index (χ2v) is 10.7. The predicted molar refractivity (Wildman–Crippen MR) is 158 cm³/mol. The van der Waals surface area contributed by atoms with Gasteiger partial charge in [0.1, 0.15) is 18.8 Å². The molecule has 0 unspecified atom stereocenters. The van der Waals surface area contributed by atoms with Gasteiger partial charge in [-0.05, 0) is 101 Å². The van der Waals surface area contributed by atoms with Crippen LogP contribution in [-0.4, -0.2) is 35.5 Å². The van der Waals surface area contributed by atoms with E-state index in [0.717, 1.165) is 9.13 Å². The quantitative estimate of drug-likeness (QED) is 0.116. The summed E-state index contributed by atoms with van der Waals surface area (Å²) in [5.74, 6) is -0.663. The molecule has 0 spiro atoms. The zero-order valence-electron chi connectivity index (χ0n) is 19.2. The normalized spacial score (nSPS) is 14.5. The second kappa shape index (κ2) is 12.0. The first-order valence-electron chi connectivity index (χ1n) is 10.7. The smallest absolute Gasteiger partial charge is 0.325 e. The number of rotatable bonds is 7. The Morgan fingerprint density at radius 3 is 2.24 bits per heavy atom. The van der Waals surface area contributed by atoms with Gasteiger partial charge < -0.3 is 14.4 Å². The molecule has 6 nitrogen and oxygen atoms in total. The molecule has 11 heteroatoms. The number of anilines is 1. The summed E-state index contributed by atoms with van der Waals surface area (Å²) in [5.41, 5.74) is 2.15. The molecule has 0 saturated carbocycles. The number of carbonyl (C=O) groups excluding carboxylic acids is 2. The Hall–Kier alpha value is -2.37. The number of halogens is 4. The highest BCUT2D eigenvalue weighted by molar-refractivity contribution is 14.1. The van der Waals surface area contributed by atoms with Gasteiger partial charge in [0.2, 0.25) is 0 Å². The number of methoxy groups -OCH3 is 1. The SMILES string of the molecule is COC(=O)CN1C(=S)N(c2ccc(Cl)cc2)C(=O)/C1=C/c1cc(Cl)c(OCc2ccc(I)cc2)c(Cl)c1. The minimum Gasteiger partial charge on any atom is -0.486 e. The van der Waals surface area contributed by atoms with E-state index in [0.29, 0.717) is 22.0 Å². The van der Waals surface area contributed by atoms with Gasteiger partial charge in [-0.25, -0.2) is 0 Å². The van der Waals surface area contributed by atoms with E-state index in [-0.39, 0.29) is 34.0 Å². The molecule has 1 aliphatic heterocycles. The minimum atomic E-state index is -0.561. The fraction of sp³-hybridized carbons (Fsp3) is 0.115. The third-order valence-electron chi connectivity index (χ3n) is 5.36. The highest BCUT2D eigenvalue weighted by Crippen LogP contribution is 2.37. The van der Waals surface area contributed by atoms with E-state index in [1.54, 1.807) is 42.5 Å². The molecule has 1 fully saturated rings. The maximum Gasteiger partial charge on any atom is 0.325 e. The minimum absolute atomic E-state index is 0.124. The number of ether oxygens (including phenoxy) is 2. The van der Waals surface area contributed by atoms with Crippen molar-refractivity contribution in [2.75, 3.05) is 18.6 Å². The lowest BCUT2D eigenvalue weighted by atomic mass is 10.1. The Morgan fingerprint density at radius 2 is 1.65 bits per heavy atom. The number of thiocarbonyl (C=S) groups is 1. The van der Waals surface area contributed by atoms with Gasteiger partial charge in [-0.15, -0.1) is 0 Å². The fourth-order valence-electron chi connectivity index (χ4n) is 3.54. The summed E-state index contributed by atoms with van der Waals surface area (Å²) < 4.78 is 11.8. The summed E-state index contributed by atoms with van der Waals surface area (Å²) in [5, 5.41) is 1.18. The second-order valence-electron chi connectivity index (χ2n) is 7.82. The van der Waals surface area contributed by atoms with E-state index < -0.39 is 11.9 Å². The van der Waals surface area contributed by atoms with Gasteiger partial charge in [0, 0.05) is 8.59 Å². The van der Waals surface area contributed by atoms with Crippen LogP contribution < -0.4 is 9.64 Å². The molecule has 0 aliphatic carbocycles. The van der Waals surface area contributed by atoms with Crippen LogP contribution in [0.3, 0.4) is 0 Å². The van der Waals surface area contributed by atoms with E-state index in [1.807, 2.05) is 24.3 Å². The van der Waals surface area contributed by atoms with E-state index in [1.165, 1.54) is 16.9 Å². The highest BCUT2D eigenvalue weighted by atomic mass is 127. The first-order valence-corrected chi connectivity index (χ1v) is 13.4. The van der Waals surface area contributed by atoms with E-state index >= 15 is 0 Å². The first-order chi connectivity index (χ1) is 17.7. The summed E-state index contributed by atoms with van der Waals surface area (Å²) in [6.07, 6.45) is 1.56. The molecule has 190 valence electrons. The third-order valence-corrected chi connectivity index (χ3v) is 7.29. The van der Waals surface area contributed by atoms with Gasteiger partial charge in [-0.2, -0.15) is 0 Å². The van der Waals surface area contributed by atoms with Crippen LogP contribution in [0.15, 0.2) is 66.4 Å². The predicted octanol–water partition coefficient (Wildman–Crippen LogP) is 6.98. The highest BCUT2D eigenvalue weighted by Gasteiger charge is 2.40. The van der Waals surface area contributed by atoms with Crippen LogP contribution >= 0.6 is 69.6 Å². The van der Waals surface area contributed by atoms with Crippen molar-refractivity contribution < 1.29 is 19.1 Å². The summed E-state index contributed by atoms with van der Waals surface area (Å²) in [6.45, 7) is 0.0299. The molecule has 0 N–H and O–H groups in total. The Kier molecular flexibility index (Phi) is 8.97. The molecule has 1 aliphatic rings. The van der Waals surface area contributed by atoms with Crippen molar-refractivity contribution in [2.24, 2.45) is 0 Å². The summed E-state index contributed by atoms with van der Waals surface area (Å²) in [4.78, 5) is 28.3. The van der Waals surface area contributed by atoms with E-state index in [9.17, 15) is 9.59 Å². The Labute approximate surface area is 247 Å². The molecule has 0 radical (unpaired) electrons. The van der Waals surface area contributed by atoms with Crippen LogP contribution in [0.2, 0.25) is 15.1 Å². The average Bonchev–Trinajstić information content (AvgIpc) is 3.09. The molecule has 0 aromatic heterocycles. The number of hydrogen-bond donors (Lipinski definition) is 0. The lowest BCUT2D eigenvalue weighted by molar-refractivity contribution is -0.140. The maximum atomic E-state index is 13.5. The molecular formula is C26H18Cl3IN2O4S. The first kappa shape index (κ1) is 27.7. The molecule has 3 aromatic rings. The largest absolute Gasteiger partial charge is 0.486 e. The molecule has 4 rings (SSSR count). The summed E-state index contributed by atoms with van der Waals surface area (Å²) in [6, 6.07) is 17.8. The zero-order chi connectivity index (χ0) is 26.7. The number of benzene rings is 3. The Bertz CT molecular complexity index is 1370. The van der Waals surface area contributed by atoms with Gasteiger partial charge in [-0.3, -0.25) is 14.5 Å². The van der Waals surface area contributed by atoms with Crippen molar-refractivity contribution in [3.8, 4) is 5.75 Å². The molecule has 3 aromatic carbocycles. The van der Waals surface area contributed by atoms with Crippen molar-refractivity contribution in [3.05, 3.63) is 96.1 Å². The van der Waals surface area contributed by atoms with Crippen LogP contribution in [0.25, 0.3) is 6.08 Å². The monoisotopic (exact) mass is 686 g/mol. The maximum absolute atomic E-state index is 13.5. The lowest BCUT2D eigenvalue weighted by Crippen LogP contribution is -2.35. The molecule has 1 amide bonds. The number of carbonyl (C=O) groups is 2.